The largest absolute Gasteiger partial charge is 0.392 e. The van der Waals surface area contributed by atoms with Crippen LogP contribution in [0, 0.1) is 0 Å². The molecular formula is C12H19N3O2S2. The van der Waals surface area contributed by atoms with Gasteiger partial charge in [-0.3, -0.25) is 4.98 Å². The van der Waals surface area contributed by atoms with E-state index in [0.717, 1.165) is 5.69 Å². The van der Waals surface area contributed by atoms with Gasteiger partial charge in [-0.05, 0) is 18.6 Å². The van der Waals surface area contributed by atoms with Crippen LogP contribution < -0.4 is 5.73 Å². The van der Waals surface area contributed by atoms with Crippen LogP contribution in [0.25, 0.3) is 0 Å². The van der Waals surface area contributed by atoms with Crippen LogP contribution in [0.5, 0.6) is 0 Å². The van der Waals surface area contributed by atoms with Crippen molar-refractivity contribution in [3.05, 3.63) is 30.1 Å². The van der Waals surface area contributed by atoms with Gasteiger partial charge in [-0.2, -0.15) is 0 Å². The van der Waals surface area contributed by atoms with Crippen LogP contribution >= 0.6 is 12.2 Å². The third-order valence-electron chi connectivity index (χ3n) is 2.89. The Morgan fingerprint density at radius 3 is 2.68 bits per heavy atom. The van der Waals surface area contributed by atoms with E-state index < -0.39 is 15.3 Å². The molecule has 0 aromatic carbocycles. The van der Waals surface area contributed by atoms with Crippen LogP contribution in [0.1, 0.15) is 19.0 Å². The van der Waals surface area contributed by atoms with E-state index in [2.05, 4.69) is 4.98 Å². The first kappa shape index (κ1) is 16.0. The second-order valence-electron chi connectivity index (χ2n) is 4.24. The molecule has 1 rings (SSSR count). The molecule has 0 aliphatic rings. The number of sulfonamides is 1. The first-order valence-corrected chi connectivity index (χ1v) is 7.95. The molecule has 0 bridgehead atoms. The van der Waals surface area contributed by atoms with Crippen molar-refractivity contribution in [3.8, 4) is 0 Å². The van der Waals surface area contributed by atoms with Gasteiger partial charge in [0.1, 0.15) is 5.25 Å². The van der Waals surface area contributed by atoms with Crippen LogP contribution in [-0.2, 0) is 16.4 Å². The van der Waals surface area contributed by atoms with E-state index >= 15 is 0 Å². The van der Waals surface area contributed by atoms with Gasteiger partial charge in [0.15, 0.2) is 0 Å². The topological polar surface area (TPSA) is 76.3 Å². The number of hydrogen-bond donors (Lipinski definition) is 1. The fourth-order valence-corrected chi connectivity index (χ4v) is 3.75. The molecule has 106 valence electrons. The normalized spacial score (nSPS) is 13.4. The molecule has 1 atom stereocenters. The van der Waals surface area contributed by atoms with Gasteiger partial charge in [-0.25, -0.2) is 12.7 Å². The first-order valence-electron chi connectivity index (χ1n) is 6.04. The highest BCUT2D eigenvalue weighted by Crippen LogP contribution is 2.12. The van der Waals surface area contributed by atoms with E-state index in [1.165, 1.54) is 4.31 Å². The van der Waals surface area contributed by atoms with E-state index in [0.29, 0.717) is 19.4 Å². The third-order valence-corrected chi connectivity index (χ3v) is 5.68. The average molecular weight is 301 g/mol. The van der Waals surface area contributed by atoms with Crippen molar-refractivity contribution in [1.82, 2.24) is 9.29 Å². The molecule has 0 saturated heterocycles. The van der Waals surface area contributed by atoms with Crippen LogP contribution in [0.3, 0.4) is 0 Å². The minimum atomic E-state index is -3.48. The molecule has 2 N–H and O–H groups in total. The molecule has 5 nitrogen and oxygen atoms in total. The van der Waals surface area contributed by atoms with E-state index in [-0.39, 0.29) is 4.99 Å². The number of nitrogens with zero attached hydrogens (tertiary/aromatic N) is 2. The summed E-state index contributed by atoms with van der Waals surface area (Å²) >= 11 is 4.82. The highest BCUT2D eigenvalue weighted by molar-refractivity contribution is 7.92. The van der Waals surface area contributed by atoms with Gasteiger partial charge in [0.25, 0.3) is 0 Å². The summed E-state index contributed by atoms with van der Waals surface area (Å²) in [6, 6.07) is 5.57. The molecule has 1 aromatic heterocycles. The molecule has 1 heterocycles. The monoisotopic (exact) mass is 301 g/mol. The maximum atomic E-state index is 12.3. The Hall–Kier alpha value is -1.05. The van der Waals surface area contributed by atoms with Crippen molar-refractivity contribution in [2.75, 3.05) is 13.6 Å². The van der Waals surface area contributed by atoms with Gasteiger partial charge in [-0.15, -0.1) is 0 Å². The van der Waals surface area contributed by atoms with Crippen molar-refractivity contribution in [3.63, 3.8) is 0 Å². The standard InChI is InChI=1S/C12H19N3O2S2/c1-3-11(12(13)18)19(16,17)15(2)9-7-10-6-4-5-8-14-10/h4-6,8,11H,3,7,9H2,1-2H3,(H2,13,18). The van der Waals surface area contributed by atoms with Gasteiger partial charge in [0.05, 0.1) is 4.99 Å². The van der Waals surface area contributed by atoms with E-state index in [4.69, 9.17) is 18.0 Å². The van der Waals surface area contributed by atoms with E-state index in [1.54, 1.807) is 20.2 Å². The molecule has 0 spiro atoms. The van der Waals surface area contributed by atoms with Crippen LogP contribution in [-0.4, -0.2) is 41.5 Å². The molecular weight excluding hydrogens is 282 g/mol. The number of hydrogen-bond acceptors (Lipinski definition) is 4. The molecule has 0 radical (unpaired) electrons. The van der Waals surface area contributed by atoms with Crippen LogP contribution in [0.2, 0.25) is 0 Å². The first-order chi connectivity index (χ1) is 8.89. The number of thiocarbonyl (C=S) groups is 1. The fraction of sp³-hybridized carbons (Fsp3) is 0.500. The predicted molar refractivity (Wildman–Crippen MR) is 80.4 cm³/mol. The maximum absolute atomic E-state index is 12.3. The number of nitrogens with two attached hydrogens (primary N) is 1. The minimum absolute atomic E-state index is 0.0205. The van der Waals surface area contributed by atoms with Gasteiger partial charge >= 0.3 is 0 Å². The summed E-state index contributed by atoms with van der Waals surface area (Å²) in [7, 11) is -1.94. The van der Waals surface area contributed by atoms with E-state index in [9.17, 15) is 8.42 Å². The Bertz CT molecular complexity index is 517. The van der Waals surface area contributed by atoms with Gasteiger partial charge in [0, 0.05) is 31.9 Å². The number of rotatable bonds is 7. The summed E-state index contributed by atoms with van der Waals surface area (Å²) in [6.07, 6.45) is 2.63. The summed E-state index contributed by atoms with van der Waals surface area (Å²) in [5, 5.41) is -0.795. The second-order valence-corrected chi connectivity index (χ2v) is 6.93. The summed E-state index contributed by atoms with van der Waals surface area (Å²) < 4.78 is 25.8. The van der Waals surface area contributed by atoms with Crippen molar-refractivity contribution < 1.29 is 8.42 Å². The summed E-state index contributed by atoms with van der Waals surface area (Å²) in [5.41, 5.74) is 6.35. The highest BCUT2D eigenvalue weighted by Gasteiger charge is 2.30. The molecule has 7 heteroatoms. The summed E-state index contributed by atoms with van der Waals surface area (Å²) in [6.45, 7) is 2.12. The zero-order valence-electron chi connectivity index (χ0n) is 11.1. The van der Waals surface area contributed by atoms with Gasteiger partial charge in [-0.1, -0.05) is 25.2 Å². The Labute approximate surface area is 119 Å². The number of aromatic nitrogens is 1. The second kappa shape index (κ2) is 6.93. The number of pyridine rings is 1. The van der Waals surface area contributed by atoms with Gasteiger partial charge < -0.3 is 5.73 Å². The molecule has 0 fully saturated rings. The van der Waals surface area contributed by atoms with Crippen LogP contribution in [0.15, 0.2) is 24.4 Å². The Kier molecular flexibility index (Phi) is 5.84. The Balaban J connectivity index is 2.71. The highest BCUT2D eigenvalue weighted by atomic mass is 32.2. The zero-order valence-corrected chi connectivity index (χ0v) is 12.7. The van der Waals surface area contributed by atoms with Crippen molar-refractivity contribution >= 4 is 27.2 Å². The predicted octanol–water partition coefficient (Wildman–Crippen LogP) is 0.950. The molecule has 0 saturated carbocycles. The van der Waals surface area contributed by atoms with Crippen molar-refractivity contribution in [1.29, 1.82) is 0 Å². The number of likely N-dealkylation sites (N-methyl/N-ethyl adjacent to an activating group) is 1. The lowest BCUT2D eigenvalue weighted by Gasteiger charge is -2.22. The minimum Gasteiger partial charge on any atom is -0.392 e. The fourth-order valence-electron chi connectivity index (χ4n) is 1.72. The lowest BCUT2D eigenvalue weighted by Crippen LogP contribution is -2.43. The maximum Gasteiger partial charge on any atom is 0.223 e. The lowest BCUT2D eigenvalue weighted by atomic mass is 10.3. The third kappa shape index (κ3) is 4.22. The Morgan fingerprint density at radius 1 is 1.53 bits per heavy atom. The summed E-state index contributed by atoms with van der Waals surface area (Å²) in [5.74, 6) is 0. The molecule has 0 aliphatic heterocycles. The Morgan fingerprint density at radius 2 is 2.21 bits per heavy atom. The molecule has 1 aromatic rings. The lowest BCUT2D eigenvalue weighted by molar-refractivity contribution is 0.466. The average Bonchev–Trinajstić information content (AvgIpc) is 2.37. The smallest absolute Gasteiger partial charge is 0.223 e. The van der Waals surface area contributed by atoms with E-state index in [1.807, 2.05) is 18.2 Å². The van der Waals surface area contributed by atoms with Gasteiger partial charge in [0.2, 0.25) is 10.0 Å². The van der Waals surface area contributed by atoms with Crippen LogP contribution in [0.4, 0.5) is 0 Å². The molecule has 0 aliphatic carbocycles. The summed E-state index contributed by atoms with van der Waals surface area (Å²) in [4.78, 5) is 4.18. The van der Waals surface area contributed by atoms with Crippen molar-refractivity contribution in [2.45, 2.75) is 25.0 Å². The molecule has 19 heavy (non-hydrogen) atoms. The quantitative estimate of drug-likeness (QED) is 0.759. The van der Waals surface area contributed by atoms with Crippen molar-refractivity contribution in [2.24, 2.45) is 5.73 Å². The molecule has 1 unspecified atom stereocenters. The zero-order chi connectivity index (χ0) is 14.5. The molecule has 0 amide bonds. The SMILES string of the molecule is CCC(C(N)=S)S(=O)(=O)N(C)CCc1ccccn1.